The lowest BCUT2D eigenvalue weighted by Gasteiger charge is -2.13. The molecule has 0 saturated carbocycles. The van der Waals surface area contributed by atoms with Crippen LogP contribution in [0.2, 0.25) is 0 Å². The lowest BCUT2D eigenvalue weighted by molar-refractivity contribution is -0.149. The van der Waals surface area contributed by atoms with Gasteiger partial charge in [0.1, 0.15) is 0 Å². The van der Waals surface area contributed by atoms with Crippen LogP contribution >= 0.6 is 0 Å². The highest BCUT2D eigenvalue weighted by Crippen LogP contribution is 2.18. The van der Waals surface area contributed by atoms with E-state index in [0.29, 0.717) is 12.8 Å². The van der Waals surface area contributed by atoms with Gasteiger partial charge in [0, 0.05) is 25.6 Å². The Balaban J connectivity index is 2.09. The summed E-state index contributed by atoms with van der Waals surface area (Å²) in [4.78, 5) is 33.5. The second-order valence-electron chi connectivity index (χ2n) is 5.27. The van der Waals surface area contributed by atoms with Gasteiger partial charge in [0.05, 0.1) is 6.10 Å². The first kappa shape index (κ1) is 17.2. The Labute approximate surface area is 123 Å². The number of hydrogen-bond donors (Lipinski definition) is 4. The smallest absolute Gasteiger partial charge is 0.332 e. The summed E-state index contributed by atoms with van der Waals surface area (Å²) in [5.41, 5.74) is 0. The van der Waals surface area contributed by atoms with Gasteiger partial charge in [-0.1, -0.05) is 0 Å². The molecule has 0 radical (unpaired) electrons. The van der Waals surface area contributed by atoms with Crippen molar-refractivity contribution in [3.63, 3.8) is 0 Å². The zero-order chi connectivity index (χ0) is 15.8. The van der Waals surface area contributed by atoms with E-state index in [2.05, 4.69) is 16.0 Å². The van der Waals surface area contributed by atoms with E-state index in [1.807, 2.05) is 13.8 Å². The van der Waals surface area contributed by atoms with Crippen molar-refractivity contribution in [3.8, 4) is 0 Å². The molecular weight excluding hydrogens is 278 g/mol. The number of carboxylic acids is 1. The molecule has 1 aliphatic rings. The zero-order valence-electron chi connectivity index (χ0n) is 12.3. The van der Waals surface area contributed by atoms with Crippen molar-refractivity contribution >= 4 is 17.9 Å². The summed E-state index contributed by atoms with van der Waals surface area (Å²) >= 11 is 0. The second-order valence-corrected chi connectivity index (χ2v) is 5.27. The van der Waals surface area contributed by atoms with Crippen LogP contribution in [-0.2, 0) is 14.3 Å². The molecule has 0 spiro atoms. The van der Waals surface area contributed by atoms with Gasteiger partial charge in [0.25, 0.3) is 0 Å². The molecule has 2 unspecified atom stereocenters. The van der Waals surface area contributed by atoms with Gasteiger partial charge >= 0.3 is 12.0 Å². The van der Waals surface area contributed by atoms with Gasteiger partial charge in [0.15, 0.2) is 6.10 Å². The molecule has 1 saturated heterocycles. The van der Waals surface area contributed by atoms with Crippen molar-refractivity contribution in [2.45, 2.75) is 51.4 Å². The van der Waals surface area contributed by atoms with Crippen LogP contribution in [-0.4, -0.2) is 54.4 Å². The fourth-order valence-corrected chi connectivity index (χ4v) is 1.99. The molecular formula is C13H23N3O5. The molecule has 1 heterocycles. The Kier molecular flexibility index (Phi) is 6.93. The molecule has 21 heavy (non-hydrogen) atoms. The highest BCUT2D eigenvalue weighted by atomic mass is 16.5. The number of ether oxygens (including phenoxy) is 1. The molecule has 0 aromatic heterocycles. The molecule has 0 aromatic rings. The van der Waals surface area contributed by atoms with Gasteiger partial charge in [-0.25, -0.2) is 9.59 Å². The molecule has 0 bridgehead atoms. The molecule has 1 aliphatic heterocycles. The Hall–Kier alpha value is -1.83. The predicted octanol–water partition coefficient (Wildman–Crippen LogP) is -0.167. The van der Waals surface area contributed by atoms with Crippen molar-refractivity contribution < 1.29 is 24.2 Å². The summed E-state index contributed by atoms with van der Waals surface area (Å²) in [7, 11) is 0. The summed E-state index contributed by atoms with van der Waals surface area (Å²) in [5, 5.41) is 16.7. The Morgan fingerprint density at radius 2 is 1.95 bits per heavy atom. The Morgan fingerprint density at radius 1 is 1.24 bits per heavy atom. The minimum atomic E-state index is -0.974. The van der Waals surface area contributed by atoms with E-state index in [9.17, 15) is 14.4 Å². The minimum absolute atomic E-state index is 0.0769. The topological polar surface area (TPSA) is 117 Å². The maximum atomic E-state index is 11.5. The third-order valence-corrected chi connectivity index (χ3v) is 2.96. The largest absolute Gasteiger partial charge is 0.479 e. The number of carboxylic acid groups (broad SMARTS) is 1. The molecule has 1 fully saturated rings. The van der Waals surface area contributed by atoms with Gasteiger partial charge in [-0.15, -0.1) is 0 Å². The van der Waals surface area contributed by atoms with E-state index in [4.69, 9.17) is 9.84 Å². The standard InChI is InChI=1S/C13H23N3O5/c1-8(2)16-11(17)5-6-14-13(20)15-7-9-3-4-10(21-9)12(18)19/h8-10H,3-7H2,1-2H3,(H,16,17)(H,18,19)(H2,14,15,20). The van der Waals surface area contributed by atoms with Crippen molar-refractivity contribution in [2.75, 3.05) is 13.1 Å². The minimum Gasteiger partial charge on any atom is -0.479 e. The van der Waals surface area contributed by atoms with Crippen LogP contribution in [0, 0.1) is 0 Å². The lowest BCUT2D eigenvalue weighted by atomic mass is 10.2. The number of hydrogen-bond acceptors (Lipinski definition) is 4. The van der Waals surface area contributed by atoms with Gasteiger partial charge in [0.2, 0.25) is 5.91 Å². The number of aliphatic carboxylic acids is 1. The molecule has 0 aliphatic carbocycles. The normalized spacial score (nSPS) is 21.1. The van der Waals surface area contributed by atoms with Gasteiger partial charge in [-0.3, -0.25) is 4.79 Å². The quantitative estimate of drug-likeness (QED) is 0.521. The molecule has 1 rings (SSSR count). The molecule has 8 nitrogen and oxygen atoms in total. The number of carbonyl (C=O) groups excluding carboxylic acids is 2. The summed E-state index contributed by atoms with van der Waals surface area (Å²) in [6.45, 7) is 4.23. The first-order chi connectivity index (χ1) is 9.88. The number of nitrogens with one attached hydrogen (secondary N) is 3. The lowest BCUT2D eigenvalue weighted by Crippen LogP contribution is -2.41. The van der Waals surface area contributed by atoms with Crippen LogP contribution in [0.4, 0.5) is 4.79 Å². The highest BCUT2D eigenvalue weighted by molar-refractivity contribution is 5.78. The summed E-state index contributed by atoms with van der Waals surface area (Å²) < 4.78 is 5.25. The number of carbonyl (C=O) groups is 3. The van der Waals surface area contributed by atoms with Crippen LogP contribution in [0.3, 0.4) is 0 Å². The van der Waals surface area contributed by atoms with Crippen LogP contribution in [0.1, 0.15) is 33.1 Å². The summed E-state index contributed by atoms with van der Waals surface area (Å²) in [6.07, 6.45) is 0.222. The van der Waals surface area contributed by atoms with E-state index < -0.39 is 18.1 Å². The molecule has 4 N–H and O–H groups in total. The Bertz CT molecular complexity index is 386. The third-order valence-electron chi connectivity index (χ3n) is 2.96. The highest BCUT2D eigenvalue weighted by Gasteiger charge is 2.30. The van der Waals surface area contributed by atoms with Crippen molar-refractivity contribution in [1.29, 1.82) is 0 Å². The molecule has 120 valence electrons. The van der Waals surface area contributed by atoms with Gasteiger partial charge in [-0.05, 0) is 26.7 Å². The number of urea groups is 1. The SMILES string of the molecule is CC(C)NC(=O)CCNC(=O)NCC1CCC(C(=O)O)O1. The van der Waals surface area contributed by atoms with Gasteiger partial charge in [-0.2, -0.15) is 0 Å². The monoisotopic (exact) mass is 301 g/mol. The third kappa shape index (κ3) is 6.94. The van der Waals surface area contributed by atoms with E-state index in [-0.39, 0.29) is 37.6 Å². The fourth-order valence-electron chi connectivity index (χ4n) is 1.99. The van der Waals surface area contributed by atoms with Crippen LogP contribution in [0.5, 0.6) is 0 Å². The Morgan fingerprint density at radius 3 is 2.52 bits per heavy atom. The first-order valence-electron chi connectivity index (χ1n) is 7.07. The van der Waals surface area contributed by atoms with Gasteiger partial charge < -0.3 is 25.8 Å². The predicted molar refractivity (Wildman–Crippen MR) is 74.8 cm³/mol. The average molecular weight is 301 g/mol. The van der Waals surface area contributed by atoms with Crippen molar-refractivity contribution in [1.82, 2.24) is 16.0 Å². The van der Waals surface area contributed by atoms with E-state index in [1.165, 1.54) is 0 Å². The zero-order valence-corrected chi connectivity index (χ0v) is 12.3. The van der Waals surface area contributed by atoms with Crippen molar-refractivity contribution in [2.24, 2.45) is 0 Å². The van der Waals surface area contributed by atoms with E-state index >= 15 is 0 Å². The average Bonchev–Trinajstić information content (AvgIpc) is 2.84. The summed E-state index contributed by atoms with van der Waals surface area (Å²) in [5.74, 6) is -1.09. The maximum absolute atomic E-state index is 11.5. The molecule has 0 aromatic carbocycles. The van der Waals surface area contributed by atoms with E-state index in [0.717, 1.165) is 0 Å². The van der Waals surface area contributed by atoms with Crippen molar-refractivity contribution in [3.05, 3.63) is 0 Å². The molecule has 3 amide bonds. The van der Waals surface area contributed by atoms with Crippen LogP contribution in [0.25, 0.3) is 0 Å². The van der Waals surface area contributed by atoms with E-state index in [1.54, 1.807) is 0 Å². The molecule has 8 heteroatoms. The summed E-state index contributed by atoms with van der Waals surface area (Å²) in [6, 6.07) is -0.317. The first-order valence-corrected chi connectivity index (χ1v) is 7.07. The number of rotatable bonds is 7. The second kappa shape index (κ2) is 8.46. The molecule has 2 atom stereocenters. The maximum Gasteiger partial charge on any atom is 0.332 e. The van der Waals surface area contributed by atoms with Crippen LogP contribution in [0.15, 0.2) is 0 Å². The fraction of sp³-hybridized carbons (Fsp3) is 0.769. The number of amides is 3. The van der Waals surface area contributed by atoms with Crippen LogP contribution < -0.4 is 16.0 Å².